The van der Waals surface area contributed by atoms with Crippen molar-refractivity contribution >= 4 is 11.6 Å². The van der Waals surface area contributed by atoms with E-state index in [1.54, 1.807) is 0 Å². The number of rotatable bonds is 9. The summed E-state index contributed by atoms with van der Waals surface area (Å²) in [6, 6.07) is 27.1. The predicted octanol–water partition coefficient (Wildman–Crippen LogP) is 4.05. The first-order valence-corrected chi connectivity index (χ1v) is 11.3. The highest BCUT2D eigenvalue weighted by Crippen LogP contribution is 2.24. The second-order valence-electron chi connectivity index (χ2n) is 7.67. The van der Waals surface area contributed by atoms with Crippen molar-refractivity contribution in [3.05, 3.63) is 102 Å². The third-order valence-electron chi connectivity index (χ3n) is 5.43. The Morgan fingerprint density at radius 1 is 0.875 bits per heavy atom. The predicted molar refractivity (Wildman–Crippen MR) is 130 cm³/mol. The van der Waals surface area contributed by atoms with E-state index in [0.29, 0.717) is 6.54 Å². The van der Waals surface area contributed by atoms with Gasteiger partial charge in [0, 0.05) is 31.6 Å². The highest BCUT2D eigenvalue weighted by Gasteiger charge is 2.14. The lowest BCUT2D eigenvalue weighted by Crippen LogP contribution is -2.38. The van der Waals surface area contributed by atoms with E-state index >= 15 is 0 Å². The Morgan fingerprint density at radius 2 is 1.56 bits per heavy atom. The molecule has 2 heterocycles. The summed E-state index contributed by atoms with van der Waals surface area (Å²) in [5, 5.41) is 15.4. The Bertz CT molecular complexity index is 1080. The van der Waals surface area contributed by atoms with Crippen LogP contribution in [0.3, 0.4) is 0 Å². The van der Waals surface area contributed by atoms with Crippen LogP contribution in [0.4, 0.5) is 0 Å². The van der Waals surface area contributed by atoms with Crippen molar-refractivity contribution < 1.29 is 0 Å². The molecular weight excluding hydrogens is 396 g/mol. The molecule has 4 rings (SSSR count). The molecule has 0 radical (unpaired) electrons. The van der Waals surface area contributed by atoms with Gasteiger partial charge in [-0.3, -0.25) is 9.39 Å². The van der Waals surface area contributed by atoms with E-state index in [1.807, 2.05) is 28.8 Å². The Kier molecular flexibility index (Phi) is 7.47. The molecule has 2 N–H and O–H groups in total. The van der Waals surface area contributed by atoms with E-state index < -0.39 is 0 Å². The summed E-state index contributed by atoms with van der Waals surface area (Å²) in [5.41, 5.74) is 3.44. The van der Waals surface area contributed by atoms with Crippen LogP contribution < -0.4 is 10.6 Å². The lowest BCUT2D eigenvalue weighted by atomic mass is 9.91. The smallest absolute Gasteiger partial charge is 0.191 e. The molecule has 0 unspecified atom stereocenters. The molecule has 6 heteroatoms. The van der Waals surface area contributed by atoms with E-state index in [-0.39, 0.29) is 5.92 Å². The second-order valence-corrected chi connectivity index (χ2v) is 7.67. The number of benzene rings is 2. The first-order valence-electron chi connectivity index (χ1n) is 11.3. The molecule has 0 bridgehead atoms. The van der Waals surface area contributed by atoms with Gasteiger partial charge in [-0.1, -0.05) is 66.7 Å². The van der Waals surface area contributed by atoms with E-state index in [1.165, 1.54) is 11.1 Å². The third-order valence-corrected chi connectivity index (χ3v) is 5.43. The van der Waals surface area contributed by atoms with Gasteiger partial charge in [-0.2, -0.15) is 0 Å². The molecule has 32 heavy (non-hydrogen) atoms. The van der Waals surface area contributed by atoms with Crippen LogP contribution in [0.25, 0.3) is 5.65 Å². The Balaban J connectivity index is 1.39. The first-order chi connectivity index (χ1) is 15.8. The zero-order chi connectivity index (χ0) is 22.0. The number of pyridine rings is 1. The molecule has 4 aromatic rings. The molecule has 0 aliphatic rings. The lowest BCUT2D eigenvalue weighted by Gasteiger charge is -2.18. The van der Waals surface area contributed by atoms with Crippen molar-refractivity contribution in [1.82, 2.24) is 25.2 Å². The Morgan fingerprint density at radius 3 is 2.25 bits per heavy atom. The molecule has 0 saturated carbocycles. The fraction of sp³-hybridized carbons (Fsp3) is 0.269. The number of nitrogens with one attached hydrogen (secondary N) is 2. The highest BCUT2D eigenvalue weighted by atomic mass is 15.2. The van der Waals surface area contributed by atoms with Gasteiger partial charge in [-0.15, -0.1) is 10.2 Å². The first kappa shape index (κ1) is 21.6. The van der Waals surface area contributed by atoms with Gasteiger partial charge in [0.2, 0.25) is 0 Å². The average Bonchev–Trinajstić information content (AvgIpc) is 3.26. The van der Waals surface area contributed by atoms with Gasteiger partial charge < -0.3 is 10.6 Å². The minimum absolute atomic E-state index is 0.218. The van der Waals surface area contributed by atoms with Gasteiger partial charge in [0.15, 0.2) is 11.6 Å². The fourth-order valence-electron chi connectivity index (χ4n) is 3.81. The number of fused-ring (bicyclic) bond motifs is 1. The van der Waals surface area contributed by atoms with E-state index in [4.69, 9.17) is 4.99 Å². The molecule has 164 valence electrons. The molecule has 0 atom stereocenters. The summed E-state index contributed by atoms with van der Waals surface area (Å²) in [7, 11) is 0. The molecular formula is C26H30N6. The Labute approximate surface area is 189 Å². The number of aromatic nitrogens is 3. The lowest BCUT2D eigenvalue weighted by molar-refractivity contribution is 0.710. The largest absolute Gasteiger partial charge is 0.357 e. The van der Waals surface area contributed by atoms with Crippen LogP contribution in [-0.4, -0.2) is 40.2 Å². The SMILES string of the molecule is CCNC(=NCC(c1ccccc1)c1ccccc1)NCCCc1nnc2ccccn12. The van der Waals surface area contributed by atoms with Gasteiger partial charge in [0.1, 0.15) is 5.82 Å². The summed E-state index contributed by atoms with van der Waals surface area (Å²) >= 11 is 0. The normalized spacial score (nSPS) is 11.8. The third kappa shape index (κ3) is 5.52. The average molecular weight is 427 g/mol. The monoisotopic (exact) mass is 426 g/mol. The van der Waals surface area contributed by atoms with Crippen molar-refractivity contribution in [2.45, 2.75) is 25.7 Å². The minimum Gasteiger partial charge on any atom is -0.357 e. The molecule has 2 aromatic heterocycles. The van der Waals surface area contributed by atoms with Crippen molar-refractivity contribution in [3.63, 3.8) is 0 Å². The molecule has 6 nitrogen and oxygen atoms in total. The summed E-state index contributed by atoms with van der Waals surface area (Å²) in [5.74, 6) is 2.04. The van der Waals surface area contributed by atoms with Gasteiger partial charge in [0.25, 0.3) is 0 Å². The summed E-state index contributed by atoms with van der Waals surface area (Å²) in [6.45, 7) is 4.40. The van der Waals surface area contributed by atoms with Gasteiger partial charge in [-0.25, -0.2) is 0 Å². The maximum atomic E-state index is 4.91. The van der Waals surface area contributed by atoms with Crippen molar-refractivity contribution in [3.8, 4) is 0 Å². The zero-order valence-electron chi connectivity index (χ0n) is 18.5. The second kappa shape index (κ2) is 11.1. The van der Waals surface area contributed by atoms with Crippen molar-refractivity contribution in [2.75, 3.05) is 19.6 Å². The number of hydrogen-bond donors (Lipinski definition) is 2. The number of aryl methyl sites for hydroxylation is 1. The van der Waals surface area contributed by atoms with Crippen LogP contribution in [0.1, 0.15) is 36.2 Å². The molecule has 0 fully saturated rings. The number of hydrogen-bond acceptors (Lipinski definition) is 3. The van der Waals surface area contributed by atoms with Crippen LogP contribution in [0.5, 0.6) is 0 Å². The molecule has 0 aliphatic heterocycles. The molecule has 2 aromatic carbocycles. The van der Waals surface area contributed by atoms with E-state index in [9.17, 15) is 0 Å². The maximum Gasteiger partial charge on any atom is 0.191 e. The quantitative estimate of drug-likeness (QED) is 0.241. The topological polar surface area (TPSA) is 66.6 Å². The van der Waals surface area contributed by atoms with Crippen molar-refractivity contribution in [2.24, 2.45) is 4.99 Å². The molecule has 0 spiro atoms. The fourth-order valence-corrected chi connectivity index (χ4v) is 3.81. The summed E-state index contributed by atoms with van der Waals surface area (Å²) in [4.78, 5) is 4.91. The van der Waals surface area contributed by atoms with Crippen LogP contribution in [0.2, 0.25) is 0 Å². The standard InChI is InChI=1S/C26H30N6/c1-2-27-26(28-18-11-17-25-31-30-24-16-9-10-19-32(24)25)29-20-23(21-12-5-3-6-13-21)22-14-7-4-8-15-22/h3-10,12-16,19,23H,2,11,17-18,20H2,1H3,(H2,27,28,29). The summed E-state index contributed by atoms with van der Waals surface area (Å²) < 4.78 is 2.05. The van der Waals surface area contributed by atoms with Gasteiger partial charge in [-0.05, 0) is 36.6 Å². The molecule has 0 amide bonds. The minimum atomic E-state index is 0.218. The number of guanidine groups is 1. The highest BCUT2D eigenvalue weighted by molar-refractivity contribution is 5.79. The van der Waals surface area contributed by atoms with E-state index in [2.05, 4.69) is 88.4 Å². The van der Waals surface area contributed by atoms with Gasteiger partial charge >= 0.3 is 0 Å². The summed E-state index contributed by atoms with van der Waals surface area (Å²) in [6.07, 6.45) is 3.81. The Hall–Kier alpha value is -3.67. The number of nitrogens with zero attached hydrogens (tertiary/aromatic N) is 4. The van der Waals surface area contributed by atoms with Crippen LogP contribution in [0.15, 0.2) is 90.1 Å². The molecule has 0 aliphatic carbocycles. The number of aliphatic imine (C=N–C) groups is 1. The zero-order valence-corrected chi connectivity index (χ0v) is 18.5. The van der Waals surface area contributed by atoms with Crippen molar-refractivity contribution in [1.29, 1.82) is 0 Å². The molecule has 0 saturated heterocycles. The van der Waals surface area contributed by atoms with Crippen LogP contribution in [-0.2, 0) is 6.42 Å². The van der Waals surface area contributed by atoms with E-state index in [0.717, 1.165) is 43.4 Å². The van der Waals surface area contributed by atoms with Gasteiger partial charge in [0.05, 0.1) is 6.54 Å². The maximum absolute atomic E-state index is 4.91. The van der Waals surface area contributed by atoms with Crippen LogP contribution >= 0.6 is 0 Å². The van der Waals surface area contributed by atoms with Crippen LogP contribution in [0, 0.1) is 0 Å².